The van der Waals surface area contributed by atoms with Crippen LogP contribution in [0.2, 0.25) is 0 Å². The number of nitrogens with one attached hydrogen (secondary N) is 1. The molecule has 0 saturated carbocycles. The van der Waals surface area contributed by atoms with E-state index in [-0.39, 0.29) is 0 Å². The van der Waals surface area contributed by atoms with Crippen LogP contribution in [-0.4, -0.2) is 11.7 Å². The average Bonchev–Trinajstić information content (AvgIpc) is 2.16. The lowest BCUT2D eigenvalue weighted by atomic mass is 10.1. The molecule has 3 nitrogen and oxygen atoms in total. The number of benzene rings is 1. The molecule has 0 bridgehead atoms. The van der Waals surface area contributed by atoms with Crippen LogP contribution in [0.3, 0.4) is 0 Å². The van der Waals surface area contributed by atoms with Gasteiger partial charge in [-0.1, -0.05) is 19.1 Å². The van der Waals surface area contributed by atoms with Crippen molar-refractivity contribution in [1.29, 1.82) is 0 Å². The molecule has 0 spiro atoms. The van der Waals surface area contributed by atoms with E-state index in [1.165, 1.54) is 0 Å². The lowest BCUT2D eigenvalue weighted by molar-refractivity contribution is 0.464. The van der Waals surface area contributed by atoms with Gasteiger partial charge in [-0.15, -0.1) is 0 Å². The Bertz CT molecular complexity index is 274. The summed E-state index contributed by atoms with van der Waals surface area (Å²) in [5, 5.41) is 12.7. The molecule has 0 fully saturated rings. The van der Waals surface area contributed by atoms with E-state index in [9.17, 15) is 5.11 Å². The second kappa shape index (κ2) is 4.84. The molecular formula is C10H16N2O. The van der Waals surface area contributed by atoms with Crippen molar-refractivity contribution in [2.75, 3.05) is 6.54 Å². The van der Waals surface area contributed by atoms with Gasteiger partial charge in [0, 0.05) is 18.7 Å². The molecule has 0 amide bonds. The minimum Gasteiger partial charge on any atom is -0.508 e. The Morgan fingerprint density at radius 3 is 2.77 bits per heavy atom. The predicted octanol–water partition coefficient (Wildman–Crippen LogP) is 0.960. The van der Waals surface area contributed by atoms with E-state index in [1.54, 1.807) is 6.07 Å². The lowest BCUT2D eigenvalue weighted by Crippen LogP contribution is -2.11. The summed E-state index contributed by atoms with van der Waals surface area (Å²) in [7, 11) is 0. The highest BCUT2D eigenvalue weighted by atomic mass is 16.3. The van der Waals surface area contributed by atoms with Crippen LogP contribution in [0, 0.1) is 0 Å². The molecule has 0 heterocycles. The summed E-state index contributed by atoms with van der Waals surface area (Å²) in [6.45, 7) is 4.10. The number of rotatable bonds is 4. The first kappa shape index (κ1) is 10.0. The van der Waals surface area contributed by atoms with E-state index in [2.05, 4.69) is 5.32 Å². The number of aromatic hydroxyl groups is 1. The maximum atomic E-state index is 9.55. The average molecular weight is 180 g/mol. The van der Waals surface area contributed by atoms with Gasteiger partial charge in [-0.25, -0.2) is 0 Å². The molecule has 0 aliphatic heterocycles. The molecule has 1 rings (SSSR count). The summed E-state index contributed by atoms with van der Waals surface area (Å²) in [6, 6.07) is 5.55. The van der Waals surface area contributed by atoms with Gasteiger partial charge in [-0.2, -0.15) is 0 Å². The van der Waals surface area contributed by atoms with Crippen molar-refractivity contribution < 1.29 is 5.11 Å². The molecule has 13 heavy (non-hydrogen) atoms. The van der Waals surface area contributed by atoms with Crippen molar-refractivity contribution in [1.82, 2.24) is 5.32 Å². The fourth-order valence-electron chi connectivity index (χ4n) is 1.15. The monoisotopic (exact) mass is 180 g/mol. The normalized spacial score (nSPS) is 10.3. The molecule has 0 aliphatic rings. The second-order valence-corrected chi connectivity index (χ2v) is 2.95. The van der Waals surface area contributed by atoms with Crippen molar-refractivity contribution in [2.24, 2.45) is 5.73 Å². The maximum Gasteiger partial charge on any atom is 0.120 e. The molecule has 0 radical (unpaired) electrons. The Hall–Kier alpha value is -1.06. The third kappa shape index (κ3) is 2.72. The third-order valence-electron chi connectivity index (χ3n) is 1.95. The number of nitrogens with two attached hydrogens (primary N) is 1. The molecule has 0 atom stereocenters. The molecule has 4 N–H and O–H groups in total. The van der Waals surface area contributed by atoms with Gasteiger partial charge in [-0.05, 0) is 18.2 Å². The molecule has 3 heteroatoms. The van der Waals surface area contributed by atoms with Crippen LogP contribution in [-0.2, 0) is 13.1 Å². The highest BCUT2D eigenvalue weighted by Crippen LogP contribution is 2.18. The van der Waals surface area contributed by atoms with Crippen LogP contribution < -0.4 is 11.1 Å². The Morgan fingerprint density at radius 1 is 1.46 bits per heavy atom. The van der Waals surface area contributed by atoms with Crippen LogP contribution in [0.5, 0.6) is 5.75 Å². The standard InChI is InChI=1S/C10H16N2O/c1-2-12-7-9-4-3-8(6-11)5-10(9)13/h3-5,12-13H,2,6-7,11H2,1H3. The van der Waals surface area contributed by atoms with Gasteiger partial charge in [0.2, 0.25) is 0 Å². The molecular weight excluding hydrogens is 164 g/mol. The number of phenolic OH excluding ortho intramolecular Hbond substituents is 1. The fourth-order valence-corrected chi connectivity index (χ4v) is 1.15. The second-order valence-electron chi connectivity index (χ2n) is 2.95. The van der Waals surface area contributed by atoms with Crippen molar-refractivity contribution in [3.63, 3.8) is 0 Å². The Morgan fingerprint density at radius 2 is 2.23 bits per heavy atom. The summed E-state index contributed by atoms with van der Waals surface area (Å²) in [5.74, 6) is 0.323. The first-order chi connectivity index (χ1) is 6.27. The van der Waals surface area contributed by atoms with E-state index in [0.717, 1.165) is 17.7 Å². The highest BCUT2D eigenvalue weighted by molar-refractivity contribution is 5.36. The topological polar surface area (TPSA) is 58.3 Å². The molecule has 1 aromatic carbocycles. The molecule has 1 aromatic rings. The fraction of sp³-hybridized carbons (Fsp3) is 0.400. The van der Waals surface area contributed by atoms with Crippen LogP contribution >= 0.6 is 0 Å². The molecule has 72 valence electrons. The quantitative estimate of drug-likeness (QED) is 0.647. The maximum absolute atomic E-state index is 9.55. The van der Waals surface area contributed by atoms with E-state index >= 15 is 0 Å². The number of phenols is 1. The summed E-state index contributed by atoms with van der Waals surface area (Å²) in [6.07, 6.45) is 0. The van der Waals surface area contributed by atoms with Crippen LogP contribution in [0.15, 0.2) is 18.2 Å². The van der Waals surface area contributed by atoms with E-state index in [4.69, 9.17) is 5.73 Å². The van der Waals surface area contributed by atoms with Crippen LogP contribution in [0.4, 0.5) is 0 Å². The van der Waals surface area contributed by atoms with Crippen LogP contribution in [0.1, 0.15) is 18.1 Å². The number of hydrogen-bond acceptors (Lipinski definition) is 3. The summed E-state index contributed by atoms with van der Waals surface area (Å²) in [4.78, 5) is 0. The summed E-state index contributed by atoms with van der Waals surface area (Å²) in [5.41, 5.74) is 7.31. The van der Waals surface area contributed by atoms with Crippen molar-refractivity contribution >= 4 is 0 Å². The lowest BCUT2D eigenvalue weighted by Gasteiger charge is -2.06. The van der Waals surface area contributed by atoms with Gasteiger partial charge in [0.05, 0.1) is 0 Å². The minimum absolute atomic E-state index is 0.323. The predicted molar refractivity (Wildman–Crippen MR) is 53.4 cm³/mol. The van der Waals surface area contributed by atoms with E-state index < -0.39 is 0 Å². The van der Waals surface area contributed by atoms with Gasteiger partial charge in [0.25, 0.3) is 0 Å². The third-order valence-corrected chi connectivity index (χ3v) is 1.95. The van der Waals surface area contributed by atoms with E-state index in [0.29, 0.717) is 18.8 Å². The van der Waals surface area contributed by atoms with Gasteiger partial charge in [-0.3, -0.25) is 0 Å². The van der Waals surface area contributed by atoms with Crippen molar-refractivity contribution in [2.45, 2.75) is 20.0 Å². The van der Waals surface area contributed by atoms with Gasteiger partial charge < -0.3 is 16.2 Å². The van der Waals surface area contributed by atoms with Crippen molar-refractivity contribution in [3.8, 4) is 5.75 Å². The zero-order chi connectivity index (χ0) is 9.68. The van der Waals surface area contributed by atoms with Crippen LogP contribution in [0.25, 0.3) is 0 Å². The van der Waals surface area contributed by atoms with Gasteiger partial charge in [0.1, 0.15) is 5.75 Å². The Kier molecular flexibility index (Phi) is 3.73. The smallest absolute Gasteiger partial charge is 0.120 e. The zero-order valence-corrected chi connectivity index (χ0v) is 7.88. The first-order valence-corrected chi connectivity index (χ1v) is 4.49. The zero-order valence-electron chi connectivity index (χ0n) is 7.88. The highest BCUT2D eigenvalue weighted by Gasteiger charge is 2.00. The first-order valence-electron chi connectivity index (χ1n) is 4.49. The Balaban J connectivity index is 2.73. The SMILES string of the molecule is CCNCc1ccc(CN)cc1O. The number of hydrogen-bond donors (Lipinski definition) is 3. The Labute approximate surface area is 78.6 Å². The van der Waals surface area contributed by atoms with Gasteiger partial charge >= 0.3 is 0 Å². The summed E-state index contributed by atoms with van der Waals surface area (Å²) < 4.78 is 0. The molecule has 0 saturated heterocycles. The largest absolute Gasteiger partial charge is 0.508 e. The molecule has 0 aromatic heterocycles. The van der Waals surface area contributed by atoms with E-state index in [1.807, 2.05) is 19.1 Å². The molecule has 0 aliphatic carbocycles. The molecule has 0 unspecified atom stereocenters. The summed E-state index contributed by atoms with van der Waals surface area (Å²) >= 11 is 0. The van der Waals surface area contributed by atoms with Crippen molar-refractivity contribution in [3.05, 3.63) is 29.3 Å². The van der Waals surface area contributed by atoms with Gasteiger partial charge in [0.15, 0.2) is 0 Å². The minimum atomic E-state index is 0.323.